The minimum absolute atomic E-state index is 0.0316. The molecule has 3 aromatic rings. The molecule has 0 aromatic heterocycles. The van der Waals surface area contributed by atoms with Gasteiger partial charge in [-0.1, -0.05) is 23.7 Å². The molecule has 0 fully saturated rings. The number of nitrogens with zero attached hydrogens (tertiary/aromatic N) is 2. The van der Waals surface area contributed by atoms with Crippen LogP contribution in [0.1, 0.15) is 12.5 Å². The summed E-state index contributed by atoms with van der Waals surface area (Å²) < 4.78 is 43.1. The van der Waals surface area contributed by atoms with Crippen molar-refractivity contribution in [1.82, 2.24) is 5.43 Å². The summed E-state index contributed by atoms with van der Waals surface area (Å²) >= 11 is 5.91. The van der Waals surface area contributed by atoms with Crippen molar-refractivity contribution >= 4 is 45.4 Å². The number of benzene rings is 3. The highest BCUT2D eigenvalue weighted by Crippen LogP contribution is 2.26. The first kappa shape index (κ1) is 28.5. The number of amides is 1. The van der Waals surface area contributed by atoms with Gasteiger partial charge in [0, 0.05) is 5.02 Å². The molecule has 12 heteroatoms. The van der Waals surface area contributed by atoms with Crippen molar-refractivity contribution in [2.45, 2.75) is 11.8 Å². The lowest BCUT2D eigenvalue weighted by atomic mass is 10.2. The molecule has 0 heterocycles. The van der Waals surface area contributed by atoms with Crippen molar-refractivity contribution in [3.05, 3.63) is 83.4 Å². The van der Waals surface area contributed by atoms with Gasteiger partial charge in [-0.3, -0.25) is 9.10 Å². The van der Waals surface area contributed by atoms with E-state index in [1.54, 1.807) is 48.5 Å². The number of carbonyl (C=O) groups is 2. The molecule has 0 bridgehead atoms. The van der Waals surface area contributed by atoms with E-state index in [1.807, 2.05) is 6.92 Å². The summed E-state index contributed by atoms with van der Waals surface area (Å²) in [7, 11) is -2.86. The van der Waals surface area contributed by atoms with Gasteiger partial charge in [-0.15, -0.1) is 0 Å². The average molecular weight is 560 g/mol. The number of sulfonamides is 1. The summed E-state index contributed by atoms with van der Waals surface area (Å²) in [6.07, 6.45) is 1.36. The maximum Gasteiger partial charge on any atom is 0.343 e. The molecule has 0 aliphatic carbocycles. The molecular weight excluding hydrogens is 534 g/mol. The lowest BCUT2D eigenvalue weighted by Crippen LogP contribution is -2.39. The molecule has 0 unspecified atom stereocenters. The quantitative estimate of drug-likeness (QED) is 0.204. The van der Waals surface area contributed by atoms with Crippen LogP contribution >= 0.6 is 11.6 Å². The lowest BCUT2D eigenvalue weighted by Gasteiger charge is -2.24. The number of carbonyl (C=O) groups excluding carboxylic acids is 2. The Morgan fingerprint density at radius 2 is 1.71 bits per heavy atom. The van der Waals surface area contributed by atoms with E-state index >= 15 is 0 Å². The van der Waals surface area contributed by atoms with Crippen molar-refractivity contribution in [2.24, 2.45) is 5.10 Å². The van der Waals surface area contributed by atoms with E-state index in [0.29, 0.717) is 28.7 Å². The summed E-state index contributed by atoms with van der Waals surface area (Å²) in [5, 5.41) is 4.29. The van der Waals surface area contributed by atoms with Gasteiger partial charge in [-0.05, 0) is 73.2 Å². The van der Waals surface area contributed by atoms with Crippen LogP contribution in [-0.4, -0.2) is 53.4 Å². The Bertz CT molecular complexity index is 1380. The summed E-state index contributed by atoms with van der Waals surface area (Å²) in [6.45, 7) is 1.49. The molecule has 0 saturated heterocycles. The van der Waals surface area contributed by atoms with E-state index in [9.17, 15) is 18.0 Å². The predicted octanol–water partition coefficient (Wildman–Crippen LogP) is 3.64. The van der Waals surface area contributed by atoms with E-state index in [4.69, 9.17) is 21.1 Å². The van der Waals surface area contributed by atoms with Gasteiger partial charge in [0.25, 0.3) is 15.9 Å². The molecule has 0 saturated carbocycles. The number of ether oxygens (including phenoxy) is 3. The molecule has 10 nitrogen and oxygen atoms in total. The van der Waals surface area contributed by atoms with Gasteiger partial charge in [0.15, 0.2) is 6.61 Å². The SMILES string of the molecule is CCOc1ccc(N(CC(=O)N/N=C\c2cccc(OCC(=O)OC)c2)S(=O)(=O)c2ccc(Cl)cc2)cc1. The summed E-state index contributed by atoms with van der Waals surface area (Å²) in [4.78, 5) is 24.0. The smallest absolute Gasteiger partial charge is 0.343 e. The van der Waals surface area contributed by atoms with Crippen LogP contribution in [0, 0.1) is 0 Å². The molecule has 1 amide bonds. The molecule has 0 spiro atoms. The highest BCUT2D eigenvalue weighted by Gasteiger charge is 2.27. The van der Waals surface area contributed by atoms with Crippen molar-refractivity contribution in [3.8, 4) is 11.5 Å². The third-order valence-corrected chi connectivity index (χ3v) is 7.01. The third kappa shape index (κ3) is 7.95. The fourth-order valence-electron chi connectivity index (χ4n) is 3.15. The summed E-state index contributed by atoms with van der Waals surface area (Å²) in [6, 6.07) is 18.6. The molecular formula is C26H26ClN3O7S. The van der Waals surface area contributed by atoms with E-state index in [1.165, 1.54) is 37.6 Å². The molecule has 38 heavy (non-hydrogen) atoms. The normalized spacial score (nSPS) is 11.1. The van der Waals surface area contributed by atoms with Crippen molar-refractivity contribution in [2.75, 3.05) is 31.2 Å². The fourth-order valence-corrected chi connectivity index (χ4v) is 4.70. The van der Waals surface area contributed by atoms with E-state index in [-0.39, 0.29) is 17.2 Å². The van der Waals surface area contributed by atoms with E-state index in [2.05, 4.69) is 15.3 Å². The van der Waals surface area contributed by atoms with Gasteiger partial charge in [-0.2, -0.15) is 5.10 Å². The molecule has 200 valence electrons. The molecule has 1 N–H and O–H groups in total. The van der Waals surface area contributed by atoms with Crippen LogP contribution in [0.2, 0.25) is 5.02 Å². The van der Waals surface area contributed by atoms with Crippen LogP contribution in [0.15, 0.2) is 82.8 Å². The maximum absolute atomic E-state index is 13.4. The molecule has 3 aromatic carbocycles. The fraction of sp³-hybridized carbons (Fsp3) is 0.192. The lowest BCUT2D eigenvalue weighted by molar-refractivity contribution is -0.142. The second-order valence-corrected chi connectivity index (χ2v) is 9.92. The number of esters is 1. The van der Waals surface area contributed by atoms with Gasteiger partial charge in [0.2, 0.25) is 0 Å². The maximum atomic E-state index is 13.4. The first-order valence-corrected chi connectivity index (χ1v) is 13.2. The van der Waals surface area contributed by atoms with Gasteiger partial charge in [0.1, 0.15) is 18.0 Å². The number of methoxy groups -OCH3 is 1. The molecule has 0 aliphatic rings. The van der Waals surface area contributed by atoms with Crippen LogP contribution in [0.3, 0.4) is 0 Å². The standard InChI is InChI=1S/C26H26ClN3O7S/c1-3-36-22-11-9-21(10-12-22)30(38(33,34)24-13-7-20(27)8-14-24)17-25(31)29-28-16-19-5-4-6-23(15-19)37-18-26(32)35-2/h4-16H,3,17-18H2,1-2H3,(H,29,31)/b28-16-. The average Bonchev–Trinajstić information content (AvgIpc) is 2.91. The number of rotatable bonds is 12. The summed E-state index contributed by atoms with van der Waals surface area (Å²) in [5.74, 6) is -0.235. The first-order chi connectivity index (χ1) is 18.2. The zero-order valence-electron chi connectivity index (χ0n) is 20.7. The van der Waals surface area contributed by atoms with E-state index in [0.717, 1.165) is 4.31 Å². The number of halogens is 1. The second kappa shape index (κ2) is 13.5. The number of hydrogen-bond donors (Lipinski definition) is 1. The van der Waals surface area contributed by atoms with Crippen LogP contribution in [0.5, 0.6) is 11.5 Å². The Kier molecular flexibility index (Phi) is 10.1. The van der Waals surface area contributed by atoms with Crippen LogP contribution in [-0.2, 0) is 24.3 Å². The van der Waals surface area contributed by atoms with Crippen molar-refractivity contribution in [3.63, 3.8) is 0 Å². The van der Waals surface area contributed by atoms with Crippen LogP contribution < -0.4 is 19.2 Å². The minimum Gasteiger partial charge on any atom is -0.494 e. The van der Waals surface area contributed by atoms with Gasteiger partial charge >= 0.3 is 5.97 Å². The van der Waals surface area contributed by atoms with Gasteiger partial charge in [0.05, 0.1) is 30.5 Å². The molecule has 0 radical (unpaired) electrons. The highest BCUT2D eigenvalue weighted by molar-refractivity contribution is 7.92. The Hall–Kier alpha value is -4.09. The number of anilines is 1. The number of nitrogens with one attached hydrogen (secondary N) is 1. The van der Waals surface area contributed by atoms with E-state index < -0.39 is 28.4 Å². The summed E-state index contributed by atoms with van der Waals surface area (Å²) in [5.41, 5.74) is 3.17. The number of hydrazone groups is 1. The van der Waals surface area contributed by atoms with Crippen molar-refractivity contribution in [1.29, 1.82) is 0 Å². The molecule has 3 rings (SSSR count). The Morgan fingerprint density at radius 3 is 2.37 bits per heavy atom. The highest BCUT2D eigenvalue weighted by atomic mass is 35.5. The van der Waals surface area contributed by atoms with Crippen LogP contribution in [0.25, 0.3) is 0 Å². The number of hydrogen-bond acceptors (Lipinski definition) is 8. The van der Waals surface area contributed by atoms with Crippen molar-refractivity contribution < 1.29 is 32.2 Å². The topological polar surface area (TPSA) is 124 Å². The Labute approximate surface area is 225 Å². The third-order valence-electron chi connectivity index (χ3n) is 4.97. The zero-order chi connectivity index (χ0) is 27.5. The monoisotopic (exact) mass is 559 g/mol. The first-order valence-electron chi connectivity index (χ1n) is 11.4. The van der Waals surface area contributed by atoms with Gasteiger partial charge < -0.3 is 14.2 Å². The molecule has 0 aliphatic heterocycles. The Morgan fingerprint density at radius 1 is 1.00 bits per heavy atom. The predicted molar refractivity (Wildman–Crippen MR) is 143 cm³/mol. The largest absolute Gasteiger partial charge is 0.494 e. The van der Waals surface area contributed by atoms with Crippen LogP contribution in [0.4, 0.5) is 5.69 Å². The Balaban J connectivity index is 1.76. The zero-order valence-corrected chi connectivity index (χ0v) is 22.2. The van der Waals surface area contributed by atoms with Gasteiger partial charge in [-0.25, -0.2) is 18.6 Å². The minimum atomic E-state index is -4.12. The second-order valence-electron chi connectivity index (χ2n) is 7.62. The molecule has 0 atom stereocenters.